The number of fused-ring (bicyclic) bond motifs is 3. The monoisotopic (exact) mass is 1270 g/mol. The summed E-state index contributed by atoms with van der Waals surface area (Å²) in [5.41, 5.74) is 11.6. The van der Waals surface area contributed by atoms with E-state index in [9.17, 15) is 13.2 Å². The molecule has 474 valence electrons. The van der Waals surface area contributed by atoms with Crippen molar-refractivity contribution in [1.29, 1.82) is 0 Å². The van der Waals surface area contributed by atoms with E-state index in [1.54, 1.807) is 36.4 Å². The van der Waals surface area contributed by atoms with Gasteiger partial charge in [-0.1, -0.05) is 224 Å². The Morgan fingerprint density at radius 3 is 0.905 bits per heavy atom. The Kier molecular flexibility index (Phi) is 17.0. The van der Waals surface area contributed by atoms with Crippen LogP contribution in [-0.4, -0.2) is 24.7 Å². The van der Waals surface area contributed by atoms with Crippen LogP contribution in [0.2, 0.25) is 0 Å². The van der Waals surface area contributed by atoms with Crippen molar-refractivity contribution in [2.45, 2.75) is 71.7 Å². The van der Waals surface area contributed by atoms with E-state index in [2.05, 4.69) is 118 Å². The molecule has 13 aromatic carbocycles. The predicted octanol–water partition coefficient (Wildman–Crippen LogP) is 24.8. The number of halogens is 6. The van der Waals surface area contributed by atoms with Crippen LogP contribution in [0.3, 0.4) is 0 Å². The molecule has 95 heavy (non-hydrogen) atoms. The summed E-state index contributed by atoms with van der Waals surface area (Å²) in [4.78, 5) is 3.89. The average Bonchev–Trinajstić information content (AvgIpc) is 0.699. The van der Waals surface area contributed by atoms with E-state index < -0.39 is 30.2 Å². The molecule has 5 nitrogen and oxygen atoms in total. The fourth-order valence-electron chi connectivity index (χ4n) is 12.4. The summed E-state index contributed by atoms with van der Waals surface area (Å²) in [6, 6.07) is 92.0. The van der Waals surface area contributed by atoms with Crippen molar-refractivity contribution in [2.75, 3.05) is 9.80 Å². The molecule has 0 aliphatic heterocycles. The fourth-order valence-corrected chi connectivity index (χ4v) is 12.4. The van der Waals surface area contributed by atoms with Crippen LogP contribution in [0.15, 0.2) is 291 Å². The number of hydrogen-bond acceptors (Lipinski definition) is 5. The van der Waals surface area contributed by atoms with E-state index >= 15 is 13.2 Å². The maximum absolute atomic E-state index is 16.2. The molecule has 0 aliphatic carbocycles. The van der Waals surface area contributed by atoms with Crippen LogP contribution < -0.4 is 24.0 Å². The number of benzene rings is 13. The van der Waals surface area contributed by atoms with Crippen molar-refractivity contribution in [3.63, 3.8) is 0 Å². The second-order valence-corrected chi connectivity index (χ2v) is 25.7. The fraction of sp³-hybridized carbons (Fsp3) is 0.143. The minimum Gasteiger partial charge on any atom is -0.454 e. The van der Waals surface area contributed by atoms with Gasteiger partial charge in [0.05, 0.1) is 0 Å². The van der Waals surface area contributed by atoms with E-state index in [0.717, 1.165) is 99.6 Å². The highest BCUT2D eigenvalue weighted by molar-refractivity contribution is 6.33. The summed E-state index contributed by atoms with van der Waals surface area (Å²) < 4.78 is 109. The third kappa shape index (κ3) is 12.5. The highest BCUT2D eigenvalue weighted by Gasteiger charge is 2.52. The molecular formula is C84H68F6N2O3. The summed E-state index contributed by atoms with van der Waals surface area (Å²) >= 11 is 0. The number of rotatable bonds is 18. The number of para-hydroxylation sites is 2. The summed E-state index contributed by atoms with van der Waals surface area (Å²) in [6.45, 7) is 10.4. The van der Waals surface area contributed by atoms with E-state index in [0.29, 0.717) is 11.4 Å². The number of nitrogens with zero attached hydrogens (tertiary/aromatic N) is 2. The molecule has 2 atom stereocenters. The van der Waals surface area contributed by atoms with E-state index in [-0.39, 0.29) is 22.7 Å². The Bertz CT molecular complexity index is 4820. The Hall–Kier alpha value is -10.8. The molecule has 0 radical (unpaired) electrons. The number of ether oxygens (including phenoxy) is 3. The van der Waals surface area contributed by atoms with Crippen molar-refractivity contribution < 1.29 is 40.6 Å². The highest BCUT2D eigenvalue weighted by Crippen LogP contribution is 2.54. The molecule has 0 amide bonds. The van der Waals surface area contributed by atoms with Crippen LogP contribution >= 0.6 is 0 Å². The molecule has 13 rings (SSSR count). The summed E-state index contributed by atoms with van der Waals surface area (Å²) in [6.07, 6.45) is -10.5. The van der Waals surface area contributed by atoms with Crippen LogP contribution in [0.4, 0.5) is 60.5 Å². The lowest BCUT2D eigenvalue weighted by Gasteiger charge is -2.32. The quantitative estimate of drug-likeness (QED) is 0.0632. The average molecular weight is 1270 g/mol. The van der Waals surface area contributed by atoms with E-state index in [1.165, 1.54) is 62.7 Å². The predicted molar refractivity (Wildman–Crippen MR) is 376 cm³/mol. The maximum Gasteiger partial charge on any atom is 0.468 e. The largest absolute Gasteiger partial charge is 0.468 e. The summed E-state index contributed by atoms with van der Waals surface area (Å²) in [5.74, 6) is -4.23. The first-order chi connectivity index (χ1) is 45.7. The van der Waals surface area contributed by atoms with Gasteiger partial charge in [0, 0.05) is 39.5 Å². The SMILES string of the molecule is CC(C)(C)c1ccc(-c2c3ccccc3c(-c3ccccc3)c3c(-c4ccc(OC(F)(F)C(F)Oc5ccc(N(c6ccccc6)c6ccc(N(c7ccccc7)c7ccc(OC(F)C(F)(F)C(C)(C)C)cc7)cc6)cc5)cc4)c4ccccc4c(-c4ccccc4)c23)cc1. The van der Waals surface area contributed by atoms with Gasteiger partial charge in [-0.2, -0.15) is 26.3 Å². The third-order valence-corrected chi connectivity index (χ3v) is 17.4. The van der Waals surface area contributed by atoms with Crippen molar-refractivity contribution in [3.05, 3.63) is 297 Å². The molecule has 0 aliphatic rings. The molecule has 0 N–H and O–H groups in total. The number of anilines is 6. The van der Waals surface area contributed by atoms with Crippen LogP contribution in [0.1, 0.15) is 47.1 Å². The van der Waals surface area contributed by atoms with Crippen molar-refractivity contribution >= 4 is 66.4 Å². The zero-order valence-electron chi connectivity index (χ0n) is 53.3. The zero-order valence-corrected chi connectivity index (χ0v) is 53.3. The normalized spacial score (nSPS) is 12.8. The summed E-state index contributed by atoms with van der Waals surface area (Å²) in [5, 5.41) is 6.12. The Labute approximate surface area is 549 Å². The summed E-state index contributed by atoms with van der Waals surface area (Å²) in [7, 11) is 0. The second-order valence-electron chi connectivity index (χ2n) is 25.7. The smallest absolute Gasteiger partial charge is 0.454 e. The molecular weight excluding hydrogens is 1200 g/mol. The lowest BCUT2D eigenvalue weighted by Crippen LogP contribution is -2.45. The van der Waals surface area contributed by atoms with E-state index in [4.69, 9.17) is 14.2 Å². The van der Waals surface area contributed by atoms with E-state index in [1.807, 2.05) is 131 Å². The molecule has 0 saturated heterocycles. The maximum atomic E-state index is 16.2. The van der Waals surface area contributed by atoms with Crippen LogP contribution in [0.25, 0.3) is 76.8 Å². The molecule has 0 heterocycles. The third-order valence-electron chi connectivity index (χ3n) is 17.4. The van der Waals surface area contributed by atoms with Crippen LogP contribution in [0.5, 0.6) is 17.2 Å². The van der Waals surface area contributed by atoms with Gasteiger partial charge in [0.2, 0.25) is 0 Å². The van der Waals surface area contributed by atoms with Gasteiger partial charge in [-0.05, 0) is 197 Å². The lowest BCUT2D eigenvalue weighted by atomic mass is 9.77. The topological polar surface area (TPSA) is 34.2 Å². The molecule has 0 aromatic heterocycles. The van der Waals surface area contributed by atoms with Gasteiger partial charge in [0.1, 0.15) is 17.2 Å². The van der Waals surface area contributed by atoms with Gasteiger partial charge < -0.3 is 24.0 Å². The number of hydrogen-bond donors (Lipinski definition) is 0. The standard InChI is InChI=1S/C84H68F6N2O3/c1-81(2,3)59-39-35-57(36-40-59)75-71-33-21-19-31-69(71)74(56-25-13-8-14-26-56)78-76(72-34-22-20-32-70(72)73(77(75)78)55-23-11-7-12-24-55)58-37-49-68(50-38-58)95-84(89,90)80(86)94-67-53-47-65(48-54-67)92(61-29-17-10-18-30-61)63-43-41-62(42-44-63)91(60-27-15-9-16-28-60)64-45-51-66(52-46-64)93-79(85)83(87,88)82(4,5)6/h7-54,79-80H,1-6H3. The Morgan fingerprint density at radius 2 is 0.568 bits per heavy atom. The van der Waals surface area contributed by atoms with Crippen molar-refractivity contribution in [3.8, 4) is 61.8 Å². The second kappa shape index (κ2) is 25.6. The Morgan fingerprint density at radius 1 is 0.295 bits per heavy atom. The first-order valence-corrected chi connectivity index (χ1v) is 31.6. The van der Waals surface area contributed by atoms with Crippen LogP contribution in [0, 0.1) is 5.41 Å². The van der Waals surface area contributed by atoms with Crippen molar-refractivity contribution in [2.24, 2.45) is 5.41 Å². The van der Waals surface area contributed by atoms with Gasteiger partial charge in [0.15, 0.2) is 0 Å². The minimum absolute atomic E-state index is 0.0559. The van der Waals surface area contributed by atoms with Gasteiger partial charge in [-0.25, -0.2) is 0 Å². The molecule has 0 bridgehead atoms. The first-order valence-electron chi connectivity index (χ1n) is 31.6. The first kappa shape index (κ1) is 63.0. The zero-order chi connectivity index (χ0) is 66.2. The number of alkyl halides is 6. The van der Waals surface area contributed by atoms with Crippen LogP contribution in [-0.2, 0) is 5.41 Å². The molecule has 13 aromatic rings. The molecule has 0 spiro atoms. The minimum atomic E-state index is -4.43. The molecule has 11 heteroatoms. The Balaban J connectivity index is 0.803. The molecule has 2 unspecified atom stereocenters. The molecule has 0 saturated carbocycles. The van der Waals surface area contributed by atoms with Crippen molar-refractivity contribution in [1.82, 2.24) is 0 Å². The van der Waals surface area contributed by atoms with Gasteiger partial charge >= 0.3 is 24.7 Å². The van der Waals surface area contributed by atoms with Gasteiger partial charge in [-0.15, -0.1) is 0 Å². The lowest BCUT2D eigenvalue weighted by molar-refractivity contribution is -0.267. The highest BCUT2D eigenvalue weighted by atomic mass is 19.3. The molecule has 0 fully saturated rings. The van der Waals surface area contributed by atoms with Gasteiger partial charge in [0.25, 0.3) is 0 Å². The van der Waals surface area contributed by atoms with Gasteiger partial charge in [-0.3, -0.25) is 0 Å².